The first-order valence-electron chi connectivity index (χ1n) is 6.95. The average Bonchev–Trinajstić information content (AvgIpc) is 2.87. The van der Waals surface area contributed by atoms with Gasteiger partial charge in [-0.3, -0.25) is 4.57 Å². The molecular formula is C12H20N5O4P. The molecule has 2 rings (SSSR count). The van der Waals surface area contributed by atoms with Crippen LogP contribution < -0.4 is 5.73 Å². The molecule has 0 aliphatic heterocycles. The summed E-state index contributed by atoms with van der Waals surface area (Å²) in [7, 11) is -4.36. The Morgan fingerprint density at radius 1 is 1.32 bits per heavy atom. The van der Waals surface area contributed by atoms with E-state index in [2.05, 4.69) is 15.0 Å². The van der Waals surface area contributed by atoms with Crippen molar-refractivity contribution in [2.75, 3.05) is 12.3 Å². The van der Waals surface area contributed by atoms with Crippen molar-refractivity contribution >= 4 is 24.6 Å². The van der Waals surface area contributed by atoms with Crippen LogP contribution in [-0.2, 0) is 15.8 Å². The fraction of sp³-hybridized carbons (Fsp3) is 0.583. The van der Waals surface area contributed by atoms with E-state index in [1.165, 1.54) is 6.33 Å². The van der Waals surface area contributed by atoms with Gasteiger partial charge in [0.25, 0.3) is 0 Å². The van der Waals surface area contributed by atoms with Crippen LogP contribution in [0.1, 0.15) is 26.7 Å². The second-order valence-electron chi connectivity index (χ2n) is 4.91. The van der Waals surface area contributed by atoms with Gasteiger partial charge < -0.3 is 24.8 Å². The maximum atomic E-state index is 11.7. The minimum Gasteiger partial charge on any atom is -0.382 e. The Morgan fingerprint density at radius 3 is 2.59 bits per heavy atom. The maximum absolute atomic E-state index is 11.7. The summed E-state index contributed by atoms with van der Waals surface area (Å²) in [6.07, 6.45) is 3.35. The van der Waals surface area contributed by atoms with Gasteiger partial charge in [0.15, 0.2) is 16.8 Å². The number of hydrogen-bond donors (Lipinski definition) is 3. The van der Waals surface area contributed by atoms with Gasteiger partial charge in [-0.05, 0) is 12.8 Å². The molecule has 0 aromatic carbocycles. The van der Waals surface area contributed by atoms with E-state index >= 15 is 0 Å². The van der Waals surface area contributed by atoms with Crippen LogP contribution >= 0.6 is 7.60 Å². The Hall–Kier alpha value is -1.54. The Bertz CT molecular complexity index is 694. The standard InChI is InChI=1S/C12H20N5O4P/c1-3-12(4-2,22(18,19)20)21-6-5-17-8-16-9-10(13)14-7-15-11(9)17/h7-8H,3-6H2,1-2H3,(H2,13,14,15)(H2,18,19,20). The number of nitrogen functional groups attached to an aromatic ring is 1. The van der Waals surface area contributed by atoms with Gasteiger partial charge in [0.1, 0.15) is 11.8 Å². The quantitative estimate of drug-likeness (QED) is 0.643. The van der Waals surface area contributed by atoms with Crippen LogP contribution in [-0.4, -0.2) is 41.3 Å². The van der Waals surface area contributed by atoms with Gasteiger partial charge in [0, 0.05) is 6.54 Å². The maximum Gasteiger partial charge on any atom is 0.357 e. The third kappa shape index (κ3) is 2.98. The van der Waals surface area contributed by atoms with Crippen molar-refractivity contribution in [3.05, 3.63) is 12.7 Å². The molecule has 0 saturated heterocycles. The van der Waals surface area contributed by atoms with E-state index < -0.39 is 12.9 Å². The van der Waals surface area contributed by atoms with Gasteiger partial charge in [-0.25, -0.2) is 15.0 Å². The molecule has 0 spiro atoms. The molecule has 0 aliphatic rings. The molecule has 0 radical (unpaired) electrons. The summed E-state index contributed by atoms with van der Waals surface area (Å²) in [6.45, 7) is 3.88. The highest BCUT2D eigenvalue weighted by atomic mass is 31.2. The number of imidazole rings is 1. The number of ether oxygens (including phenoxy) is 1. The molecule has 0 unspecified atom stereocenters. The normalized spacial score (nSPS) is 12.9. The molecule has 9 nitrogen and oxygen atoms in total. The van der Waals surface area contributed by atoms with E-state index in [4.69, 9.17) is 10.5 Å². The first-order chi connectivity index (χ1) is 10.3. The molecule has 0 aliphatic carbocycles. The molecule has 0 atom stereocenters. The van der Waals surface area contributed by atoms with Crippen LogP contribution in [0.15, 0.2) is 12.7 Å². The number of anilines is 1. The SMILES string of the molecule is CCC(CC)(OCCn1cnc2c(N)ncnc21)P(=O)(O)O. The zero-order valence-electron chi connectivity index (χ0n) is 12.5. The fourth-order valence-electron chi connectivity index (χ4n) is 2.35. The highest BCUT2D eigenvalue weighted by Crippen LogP contribution is 2.55. The smallest absolute Gasteiger partial charge is 0.357 e. The van der Waals surface area contributed by atoms with Crippen molar-refractivity contribution in [1.82, 2.24) is 19.5 Å². The lowest BCUT2D eigenvalue weighted by Gasteiger charge is -2.32. The molecule has 10 heteroatoms. The molecule has 0 fully saturated rings. The van der Waals surface area contributed by atoms with Crippen LogP contribution in [0.2, 0.25) is 0 Å². The first-order valence-corrected chi connectivity index (χ1v) is 8.56. The lowest BCUT2D eigenvalue weighted by molar-refractivity contribution is -0.00992. The fourth-order valence-corrected chi connectivity index (χ4v) is 3.43. The average molecular weight is 329 g/mol. The van der Waals surface area contributed by atoms with Crippen molar-refractivity contribution in [3.8, 4) is 0 Å². The molecule has 122 valence electrons. The zero-order valence-corrected chi connectivity index (χ0v) is 13.4. The van der Waals surface area contributed by atoms with Crippen LogP contribution in [0.4, 0.5) is 5.82 Å². The van der Waals surface area contributed by atoms with Gasteiger partial charge in [-0.15, -0.1) is 0 Å². The van der Waals surface area contributed by atoms with Crippen molar-refractivity contribution in [3.63, 3.8) is 0 Å². The summed E-state index contributed by atoms with van der Waals surface area (Å²) >= 11 is 0. The molecule has 2 aromatic rings. The van der Waals surface area contributed by atoms with Gasteiger partial charge in [0.05, 0.1) is 12.9 Å². The van der Waals surface area contributed by atoms with E-state index in [-0.39, 0.29) is 25.3 Å². The van der Waals surface area contributed by atoms with Gasteiger partial charge in [-0.2, -0.15) is 0 Å². The number of fused-ring (bicyclic) bond motifs is 1. The van der Waals surface area contributed by atoms with E-state index in [1.807, 2.05) is 0 Å². The number of hydrogen-bond acceptors (Lipinski definition) is 6. The zero-order chi connectivity index (χ0) is 16.4. The molecule has 2 heterocycles. The number of nitrogens with two attached hydrogens (primary N) is 1. The highest BCUT2D eigenvalue weighted by Gasteiger charge is 2.44. The highest BCUT2D eigenvalue weighted by molar-refractivity contribution is 7.53. The third-order valence-corrected chi connectivity index (χ3v) is 5.59. The number of aromatic nitrogens is 4. The van der Waals surface area contributed by atoms with Crippen LogP contribution in [0.5, 0.6) is 0 Å². The van der Waals surface area contributed by atoms with Gasteiger partial charge >= 0.3 is 7.60 Å². The van der Waals surface area contributed by atoms with Gasteiger partial charge in [0.2, 0.25) is 0 Å². The molecular weight excluding hydrogens is 309 g/mol. The minimum atomic E-state index is -4.36. The Balaban J connectivity index is 2.12. The number of rotatable bonds is 7. The van der Waals surface area contributed by atoms with Crippen molar-refractivity contribution in [2.24, 2.45) is 0 Å². The summed E-state index contributed by atoms with van der Waals surface area (Å²) in [6, 6.07) is 0. The Kier molecular flexibility index (Phi) is 4.81. The second kappa shape index (κ2) is 6.29. The second-order valence-corrected chi connectivity index (χ2v) is 6.82. The molecule has 0 bridgehead atoms. The summed E-state index contributed by atoms with van der Waals surface area (Å²) in [5.41, 5.74) is 6.76. The number of nitrogens with zero attached hydrogens (tertiary/aromatic N) is 4. The minimum absolute atomic E-state index is 0.127. The topological polar surface area (TPSA) is 136 Å². The summed E-state index contributed by atoms with van der Waals surface area (Å²) < 4.78 is 18.9. The summed E-state index contributed by atoms with van der Waals surface area (Å²) in [5, 5.41) is -1.45. The Morgan fingerprint density at radius 2 is 2.00 bits per heavy atom. The molecule has 2 aromatic heterocycles. The van der Waals surface area contributed by atoms with E-state index in [0.29, 0.717) is 17.7 Å². The molecule has 4 N–H and O–H groups in total. The van der Waals surface area contributed by atoms with Crippen molar-refractivity contribution in [2.45, 2.75) is 38.6 Å². The Labute approximate surface area is 127 Å². The van der Waals surface area contributed by atoms with E-state index in [1.54, 1.807) is 24.7 Å². The van der Waals surface area contributed by atoms with Crippen LogP contribution in [0.25, 0.3) is 11.2 Å². The monoisotopic (exact) mass is 329 g/mol. The lowest BCUT2D eigenvalue weighted by Crippen LogP contribution is -2.32. The third-order valence-electron chi connectivity index (χ3n) is 3.77. The molecule has 0 amide bonds. The van der Waals surface area contributed by atoms with Crippen molar-refractivity contribution in [1.29, 1.82) is 0 Å². The van der Waals surface area contributed by atoms with E-state index in [0.717, 1.165) is 0 Å². The molecule has 22 heavy (non-hydrogen) atoms. The van der Waals surface area contributed by atoms with E-state index in [9.17, 15) is 14.4 Å². The van der Waals surface area contributed by atoms with Crippen LogP contribution in [0, 0.1) is 0 Å². The van der Waals surface area contributed by atoms with Gasteiger partial charge in [-0.1, -0.05) is 13.8 Å². The molecule has 0 saturated carbocycles. The van der Waals surface area contributed by atoms with Crippen molar-refractivity contribution < 1.29 is 19.1 Å². The van der Waals surface area contributed by atoms with Crippen LogP contribution in [0.3, 0.4) is 0 Å². The predicted molar refractivity (Wildman–Crippen MR) is 81.0 cm³/mol. The summed E-state index contributed by atoms with van der Waals surface area (Å²) in [4.78, 5) is 31.1. The lowest BCUT2D eigenvalue weighted by atomic mass is 10.2. The largest absolute Gasteiger partial charge is 0.382 e. The first kappa shape index (κ1) is 16.8. The predicted octanol–water partition coefficient (Wildman–Crippen LogP) is 1.12. The summed E-state index contributed by atoms with van der Waals surface area (Å²) in [5.74, 6) is 0.288.